The van der Waals surface area contributed by atoms with Gasteiger partial charge in [0.05, 0.1) is 0 Å². The van der Waals surface area contributed by atoms with Gasteiger partial charge in [-0.25, -0.2) is 4.79 Å². The van der Waals surface area contributed by atoms with Crippen molar-refractivity contribution in [2.45, 2.75) is 91.9 Å². The minimum atomic E-state index is -0.959. The van der Waals surface area contributed by atoms with Crippen LogP contribution < -0.4 is 11.1 Å². The van der Waals surface area contributed by atoms with Crippen molar-refractivity contribution in [3.8, 4) is 0 Å². The van der Waals surface area contributed by atoms with Crippen LogP contribution in [-0.2, 0) is 14.3 Å². The number of aromatic nitrogens is 2. The van der Waals surface area contributed by atoms with Crippen LogP contribution in [0.15, 0.2) is 46.2 Å². The number of alkyl halides is 1. The third-order valence-electron chi connectivity index (χ3n) is 5.12. The van der Waals surface area contributed by atoms with Crippen LogP contribution in [0.25, 0.3) is 0 Å². The first-order valence-corrected chi connectivity index (χ1v) is 14.7. The maximum atomic E-state index is 11.7. The molecule has 3 rings (SSSR count). The normalized spacial score (nSPS) is 13.2. The fourth-order valence-electron chi connectivity index (χ4n) is 3.20. The van der Waals surface area contributed by atoms with Gasteiger partial charge in [-0.3, -0.25) is 14.4 Å². The van der Waals surface area contributed by atoms with E-state index in [1.54, 1.807) is 24.5 Å². The second-order valence-corrected chi connectivity index (χ2v) is 11.0. The van der Waals surface area contributed by atoms with Gasteiger partial charge in [-0.05, 0) is 74.6 Å². The predicted molar refractivity (Wildman–Crippen MR) is 165 cm³/mol. The molecule has 3 N–H and O–H groups in total. The van der Waals surface area contributed by atoms with E-state index in [9.17, 15) is 19.2 Å². The topological polar surface area (TPSA) is 139 Å². The van der Waals surface area contributed by atoms with Crippen molar-refractivity contribution in [1.29, 1.82) is 0 Å². The van der Waals surface area contributed by atoms with Crippen LogP contribution in [0, 0.1) is 25.7 Å². The number of aromatic amines is 1. The Labute approximate surface area is 247 Å². The van der Waals surface area contributed by atoms with Gasteiger partial charge in [0.25, 0.3) is 5.56 Å². The third-order valence-corrected chi connectivity index (χ3v) is 5.89. The van der Waals surface area contributed by atoms with Gasteiger partial charge < -0.3 is 24.5 Å². The van der Waals surface area contributed by atoms with Crippen molar-refractivity contribution in [3.05, 3.63) is 68.5 Å². The molecule has 1 fully saturated rings. The van der Waals surface area contributed by atoms with E-state index in [1.807, 2.05) is 61.5 Å². The lowest BCUT2D eigenvalue weighted by atomic mass is 10.0. The van der Waals surface area contributed by atoms with E-state index in [0.29, 0.717) is 18.8 Å². The van der Waals surface area contributed by atoms with E-state index in [0.717, 1.165) is 24.3 Å². The number of hydrogen-bond acceptors (Lipinski definition) is 5. The SMILES string of the molecule is C1CCOC1.CC.CC(C)C[C@@H](Br)C(=O)O.Cc1cc[nH]c(=O)c1.Cc1ccn([C@@H](CC(C)C)C(=O)O)c(=O)c1. The second-order valence-electron chi connectivity index (χ2n) is 9.92. The summed E-state index contributed by atoms with van der Waals surface area (Å²) in [7, 11) is 0. The molecule has 10 heteroatoms. The number of aliphatic carboxylic acids is 2. The van der Waals surface area contributed by atoms with Crippen LogP contribution in [0.1, 0.15) is 84.4 Å². The number of pyridine rings is 2. The molecule has 1 saturated heterocycles. The zero-order chi connectivity index (χ0) is 31.3. The van der Waals surface area contributed by atoms with Crippen molar-refractivity contribution in [2.24, 2.45) is 11.8 Å². The second kappa shape index (κ2) is 23.0. The molecule has 0 amide bonds. The highest BCUT2D eigenvalue weighted by atomic mass is 79.9. The molecule has 2 aromatic heterocycles. The molecular formula is C30H49BrN2O7. The highest BCUT2D eigenvalue weighted by molar-refractivity contribution is 9.10. The Kier molecular flexibility index (Phi) is 22.7. The van der Waals surface area contributed by atoms with Crippen LogP contribution in [-0.4, -0.2) is 49.7 Å². The van der Waals surface area contributed by atoms with E-state index in [2.05, 4.69) is 20.9 Å². The lowest BCUT2D eigenvalue weighted by molar-refractivity contribution is -0.141. The number of nitrogens with one attached hydrogen (secondary N) is 1. The minimum Gasteiger partial charge on any atom is -0.480 e. The Morgan fingerprint density at radius 2 is 1.45 bits per heavy atom. The minimum absolute atomic E-state index is 0.0370. The number of halogens is 1. The van der Waals surface area contributed by atoms with Crippen molar-refractivity contribution >= 4 is 27.9 Å². The summed E-state index contributed by atoms with van der Waals surface area (Å²) in [6, 6.07) is 5.84. The number of nitrogens with zero attached hydrogens (tertiary/aromatic N) is 1. The zero-order valence-electron chi connectivity index (χ0n) is 25.3. The molecule has 1 aliphatic rings. The van der Waals surface area contributed by atoms with Crippen molar-refractivity contribution in [3.63, 3.8) is 0 Å². The number of carboxylic acids is 2. The van der Waals surface area contributed by atoms with Gasteiger partial charge >= 0.3 is 11.9 Å². The van der Waals surface area contributed by atoms with E-state index in [-0.39, 0.29) is 21.9 Å². The molecular weight excluding hydrogens is 580 g/mol. The Morgan fingerprint density at radius 3 is 1.75 bits per heavy atom. The number of rotatable bonds is 7. The first-order chi connectivity index (χ1) is 18.7. The highest BCUT2D eigenvalue weighted by Gasteiger charge is 2.21. The fourth-order valence-corrected chi connectivity index (χ4v) is 3.95. The van der Waals surface area contributed by atoms with E-state index >= 15 is 0 Å². The number of carboxylic acid groups (broad SMARTS) is 2. The van der Waals surface area contributed by atoms with Crippen LogP contribution in [0.5, 0.6) is 0 Å². The standard InChI is InChI=1S/C12H17NO3.C6H11BrO2.C6H7NO.C4H8O.C2H6/c1-8(2)6-10(12(15)16)13-5-4-9(3)7-11(13)14;1-4(2)3-5(7)6(8)9;1-5-2-3-7-6(8)4-5;1-2-4-5-3-1;1-2/h4-5,7-8,10H,6H2,1-3H3,(H,15,16);4-5H,3H2,1-2H3,(H,8,9);2-4H,1H3,(H,7,8);1-4H2;1-2H3/t10-;5-;;;/m01.../s1. The van der Waals surface area contributed by atoms with Gasteiger partial charge in [0.15, 0.2) is 0 Å². The number of carbonyl (C=O) groups is 2. The van der Waals surface area contributed by atoms with E-state index in [4.69, 9.17) is 14.9 Å². The summed E-state index contributed by atoms with van der Waals surface area (Å²) < 4.78 is 6.23. The quantitative estimate of drug-likeness (QED) is 0.309. The molecule has 0 saturated carbocycles. The highest BCUT2D eigenvalue weighted by Crippen LogP contribution is 2.16. The lowest BCUT2D eigenvalue weighted by Crippen LogP contribution is -2.30. The molecule has 9 nitrogen and oxygen atoms in total. The van der Waals surface area contributed by atoms with Crippen LogP contribution >= 0.6 is 15.9 Å². The molecule has 0 spiro atoms. The van der Waals surface area contributed by atoms with Crippen molar-refractivity contribution < 1.29 is 24.5 Å². The van der Waals surface area contributed by atoms with Crippen molar-refractivity contribution in [1.82, 2.24) is 9.55 Å². The molecule has 0 bridgehead atoms. The maximum absolute atomic E-state index is 11.7. The summed E-state index contributed by atoms with van der Waals surface area (Å²) in [5.41, 5.74) is 1.54. The molecule has 0 aliphatic carbocycles. The Balaban J connectivity index is 0. The van der Waals surface area contributed by atoms with Gasteiger partial charge in [-0.15, -0.1) is 0 Å². The van der Waals surface area contributed by atoms with Crippen LogP contribution in [0.2, 0.25) is 0 Å². The molecule has 0 radical (unpaired) electrons. The maximum Gasteiger partial charge on any atom is 0.326 e. The number of H-pyrrole nitrogens is 1. The van der Waals surface area contributed by atoms with Gasteiger partial charge in [-0.1, -0.05) is 57.5 Å². The predicted octanol–water partition coefficient (Wildman–Crippen LogP) is 6.22. The molecule has 0 unspecified atom stereocenters. The summed E-state index contributed by atoms with van der Waals surface area (Å²) in [4.78, 5) is 45.5. The van der Waals surface area contributed by atoms with Gasteiger partial charge in [-0.2, -0.15) is 0 Å². The van der Waals surface area contributed by atoms with E-state index < -0.39 is 18.0 Å². The number of aryl methyl sites for hydroxylation is 2. The molecule has 2 aromatic rings. The smallest absolute Gasteiger partial charge is 0.326 e. The first-order valence-electron chi connectivity index (χ1n) is 13.8. The molecule has 3 heterocycles. The fraction of sp³-hybridized carbons (Fsp3) is 0.600. The van der Waals surface area contributed by atoms with Gasteiger partial charge in [0, 0.05) is 37.7 Å². The zero-order valence-corrected chi connectivity index (χ0v) is 26.9. The Morgan fingerprint density at radius 1 is 0.925 bits per heavy atom. The Hall–Kier alpha value is -2.72. The molecule has 2 atom stereocenters. The average molecular weight is 630 g/mol. The van der Waals surface area contributed by atoms with Crippen molar-refractivity contribution in [2.75, 3.05) is 13.2 Å². The van der Waals surface area contributed by atoms with Gasteiger partial charge in [0.1, 0.15) is 10.9 Å². The van der Waals surface area contributed by atoms with Gasteiger partial charge in [0.2, 0.25) is 5.56 Å². The van der Waals surface area contributed by atoms with E-state index in [1.165, 1.54) is 23.5 Å². The monoisotopic (exact) mass is 628 g/mol. The largest absolute Gasteiger partial charge is 0.480 e. The first kappa shape index (κ1) is 39.4. The summed E-state index contributed by atoms with van der Waals surface area (Å²) in [5, 5.41) is 17.5. The summed E-state index contributed by atoms with van der Waals surface area (Å²) >= 11 is 3.04. The van der Waals surface area contributed by atoms with Crippen LogP contribution in [0.4, 0.5) is 0 Å². The molecule has 228 valence electrons. The molecule has 0 aromatic carbocycles. The molecule has 40 heavy (non-hydrogen) atoms. The number of ether oxygens (including phenoxy) is 1. The summed E-state index contributed by atoms with van der Waals surface area (Å²) in [6.45, 7) is 17.6. The molecule has 1 aliphatic heterocycles. The summed E-state index contributed by atoms with van der Waals surface area (Å²) in [5.74, 6) is -1.07. The summed E-state index contributed by atoms with van der Waals surface area (Å²) in [6.07, 6.45) is 6.89. The average Bonchev–Trinajstić information content (AvgIpc) is 3.45. The van der Waals surface area contributed by atoms with Crippen LogP contribution in [0.3, 0.4) is 0 Å². The number of hydrogen-bond donors (Lipinski definition) is 3. The third kappa shape index (κ3) is 20.2. The Bertz CT molecular complexity index is 1070. The lowest BCUT2D eigenvalue weighted by Gasteiger charge is -2.17.